The van der Waals surface area contributed by atoms with Crippen LogP contribution in [0.4, 0.5) is 5.69 Å². The zero-order valence-electron chi connectivity index (χ0n) is 6.98. The molecule has 4 nitrogen and oxygen atoms in total. The Bertz CT molecular complexity index is 314. The molecule has 13 heavy (non-hydrogen) atoms. The predicted octanol–water partition coefficient (Wildman–Crippen LogP) is 1.18. The molecule has 1 aromatic rings. The number of benzene rings is 1. The SMILES string of the molecule is COC(=O)c1cc(N)ccc1O.Cl. The minimum Gasteiger partial charge on any atom is -0.507 e. The van der Waals surface area contributed by atoms with Gasteiger partial charge in [-0.1, -0.05) is 0 Å². The summed E-state index contributed by atoms with van der Waals surface area (Å²) in [6, 6.07) is 4.21. The fraction of sp³-hybridized carbons (Fsp3) is 0.125. The van der Waals surface area contributed by atoms with Crippen molar-refractivity contribution >= 4 is 24.1 Å². The number of methoxy groups -OCH3 is 1. The van der Waals surface area contributed by atoms with E-state index in [4.69, 9.17) is 5.73 Å². The van der Waals surface area contributed by atoms with Crippen molar-refractivity contribution in [2.45, 2.75) is 0 Å². The van der Waals surface area contributed by atoms with Crippen LogP contribution in [0, 0.1) is 0 Å². The van der Waals surface area contributed by atoms with E-state index in [9.17, 15) is 9.90 Å². The van der Waals surface area contributed by atoms with Gasteiger partial charge in [0.25, 0.3) is 0 Å². The van der Waals surface area contributed by atoms with Gasteiger partial charge in [-0.2, -0.15) is 0 Å². The minimum atomic E-state index is -0.597. The fourth-order valence-corrected chi connectivity index (χ4v) is 0.827. The van der Waals surface area contributed by atoms with Gasteiger partial charge in [-0.3, -0.25) is 0 Å². The zero-order valence-corrected chi connectivity index (χ0v) is 7.80. The predicted molar refractivity (Wildman–Crippen MR) is 51.1 cm³/mol. The summed E-state index contributed by atoms with van der Waals surface area (Å²) in [5.41, 5.74) is 5.89. The van der Waals surface area contributed by atoms with Crippen molar-refractivity contribution in [1.82, 2.24) is 0 Å². The molecule has 0 aliphatic carbocycles. The third-order valence-electron chi connectivity index (χ3n) is 1.43. The number of rotatable bonds is 1. The Morgan fingerprint density at radius 2 is 2.15 bits per heavy atom. The molecule has 0 amide bonds. The van der Waals surface area contributed by atoms with Crippen molar-refractivity contribution in [2.24, 2.45) is 0 Å². The lowest BCUT2D eigenvalue weighted by Crippen LogP contribution is -2.02. The Labute approximate surface area is 81.7 Å². The molecule has 1 rings (SSSR count). The Morgan fingerprint density at radius 3 is 2.69 bits per heavy atom. The van der Waals surface area contributed by atoms with Crippen LogP contribution in [0.25, 0.3) is 0 Å². The maximum Gasteiger partial charge on any atom is 0.341 e. The zero-order chi connectivity index (χ0) is 9.14. The summed E-state index contributed by atoms with van der Waals surface area (Å²) >= 11 is 0. The van der Waals surface area contributed by atoms with E-state index >= 15 is 0 Å². The van der Waals surface area contributed by atoms with E-state index in [1.54, 1.807) is 0 Å². The molecule has 0 fully saturated rings. The first-order chi connectivity index (χ1) is 5.65. The number of ether oxygens (including phenoxy) is 1. The molecule has 1 aromatic carbocycles. The van der Waals surface area contributed by atoms with Crippen LogP contribution in [0.15, 0.2) is 18.2 Å². The van der Waals surface area contributed by atoms with Gasteiger partial charge in [-0.25, -0.2) is 4.79 Å². The third kappa shape index (κ3) is 2.52. The van der Waals surface area contributed by atoms with Gasteiger partial charge in [-0.15, -0.1) is 12.4 Å². The second-order valence-electron chi connectivity index (χ2n) is 2.27. The molecule has 0 heterocycles. The smallest absolute Gasteiger partial charge is 0.341 e. The van der Waals surface area contributed by atoms with Crippen LogP contribution in [0.2, 0.25) is 0 Å². The van der Waals surface area contributed by atoms with Crippen molar-refractivity contribution in [3.63, 3.8) is 0 Å². The number of hydrogen-bond acceptors (Lipinski definition) is 4. The van der Waals surface area contributed by atoms with Gasteiger partial charge < -0.3 is 15.6 Å². The van der Waals surface area contributed by atoms with Crippen molar-refractivity contribution in [1.29, 1.82) is 0 Å². The third-order valence-corrected chi connectivity index (χ3v) is 1.43. The Morgan fingerprint density at radius 1 is 1.54 bits per heavy atom. The maximum absolute atomic E-state index is 10.9. The molecule has 0 atom stereocenters. The minimum absolute atomic E-state index is 0. The highest BCUT2D eigenvalue weighted by atomic mass is 35.5. The number of halogens is 1. The molecule has 5 heteroatoms. The lowest BCUT2D eigenvalue weighted by molar-refractivity contribution is 0.0597. The summed E-state index contributed by atoms with van der Waals surface area (Å²) in [5, 5.41) is 9.18. The Hall–Kier alpha value is -1.42. The van der Waals surface area contributed by atoms with Crippen LogP contribution < -0.4 is 5.73 Å². The van der Waals surface area contributed by atoms with E-state index in [0.717, 1.165) is 0 Å². The van der Waals surface area contributed by atoms with Crippen LogP contribution in [0.5, 0.6) is 5.75 Å². The van der Waals surface area contributed by atoms with Gasteiger partial charge in [0.15, 0.2) is 0 Å². The van der Waals surface area contributed by atoms with E-state index < -0.39 is 5.97 Å². The molecule has 0 unspecified atom stereocenters. The molecule has 0 aromatic heterocycles. The summed E-state index contributed by atoms with van der Waals surface area (Å²) in [6.45, 7) is 0. The molecule has 0 aliphatic rings. The number of phenolic OH excluding ortho intramolecular Hbond substituents is 1. The van der Waals surface area contributed by atoms with Gasteiger partial charge >= 0.3 is 5.97 Å². The van der Waals surface area contributed by atoms with Gasteiger partial charge in [0.05, 0.1) is 7.11 Å². The van der Waals surface area contributed by atoms with Gasteiger partial charge in [0, 0.05) is 5.69 Å². The standard InChI is InChI=1S/C8H9NO3.ClH/c1-12-8(11)6-4-5(9)2-3-7(6)10;/h2-4,10H,9H2,1H3;1H. The number of phenols is 1. The molecule has 72 valence electrons. The van der Waals surface area contributed by atoms with Crippen LogP contribution >= 0.6 is 12.4 Å². The number of carbonyl (C=O) groups is 1. The molecule has 0 saturated carbocycles. The number of nitrogens with two attached hydrogens (primary N) is 1. The van der Waals surface area contributed by atoms with Crippen molar-refractivity contribution in [3.8, 4) is 5.75 Å². The number of aromatic hydroxyl groups is 1. The van der Waals surface area contributed by atoms with Crippen LogP contribution in [-0.4, -0.2) is 18.2 Å². The van der Waals surface area contributed by atoms with Crippen molar-refractivity contribution < 1.29 is 14.6 Å². The largest absolute Gasteiger partial charge is 0.507 e. The quantitative estimate of drug-likeness (QED) is 0.409. The Kier molecular flexibility index (Phi) is 4.07. The molecular weight excluding hydrogens is 194 g/mol. The summed E-state index contributed by atoms with van der Waals surface area (Å²) < 4.78 is 4.42. The normalized spacial score (nSPS) is 8.69. The number of esters is 1. The maximum atomic E-state index is 10.9. The van der Waals surface area contributed by atoms with Gasteiger partial charge in [0.2, 0.25) is 0 Å². The lowest BCUT2D eigenvalue weighted by Gasteiger charge is -2.02. The highest BCUT2D eigenvalue weighted by molar-refractivity contribution is 5.93. The number of hydrogen-bond donors (Lipinski definition) is 2. The van der Waals surface area contributed by atoms with Crippen molar-refractivity contribution in [2.75, 3.05) is 12.8 Å². The topological polar surface area (TPSA) is 72.5 Å². The number of nitrogen functional groups attached to an aromatic ring is 1. The average Bonchev–Trinajstić information content (AvgIpc) is 2.08. The molecule has 0 aliphatic heterocycles. The van der Waals surface area contributed by atoms with Crippen molar-refractivity contribution in [3.05, 3.63) is 23.8 Å². The number of carbonyl (C=O) groups excluding carboxylic acids is 1. The first-order valence-corrected chi connectivity index (χ1v) is 3.32. The average molecular weight is 204 g/mol. The van der Waals surface area contributed by atoms with E-state index in [1.807, 2.05) is 0 Å². The molecule has 0 bridgehead atoms. The fourth-order valence-electron chi connectivity index (χ4n) is 0.827. The number of anilines is 1. The summed E-state index contributed by atoms with van der Waals surface area (Å²) in [7, 11) is 1.24. The summed E-state index contributed by atoms with van der Waals surface area (Å²) in [4.78, 5) is 10.9. The summed E-state index contributed by atoms with van der Waals surface area (Å²) in [6.07, 6.45) is 0. The first-order valence-electron chi connectivity index (χ1n) is 3.32. The molecule has 0 spiro atoms. The second-order valence-corrected chi connectivity index (χ2v) is 2.27. The van der Waals surface area contributed by atoms with Crippen LogP contribution in [-0.2, 0) is 4.74 Å². The van der Waals surface area contributed by atoms with E-state index in [2.05, 4.69) is 4.74 Å². The molecule has 3 N–H and O–H groups in total. The molecular formula is C8H10ClNO3. The Balaban J connectivity index is 0.00000144. The van der Waals surface area contributed by atoms with Crippen LogP contribution in [0.3, 0.4) is 0 Å². The van der Waals surface area contributed by atoms with E-state index in [1.165, 1.54) is 25.3 Å². The lowest BCUT2D eigenvalue weighted by atomic mass is 10.2. The molecule has 0 saturated heterocycles. The molecule has 0 radical (unpaired) electrons. The van der Waals surface area contributed by atoms with Gasteiger partial charge in [0.1, 0.15) is 11.3 Å². The highest BCUT2D eigenvalue weighted by Crippen LogP contribution is 2.19. The second kappa shape index (κ2) is 4.57. The highest BCUT2D eigenvalue weighted by Gasteiger charge is 2.10. The van der Waals surface area contributed by atoms with Gasteiger partial charge in [-0.05, 0) is 18.2 Å². The first kappa shape index (κ1) is 11.6. The van der Waals surface area contributed by atoms with E-state index in [-0.39, 0.29) is 23.7 Å². The monoisotopic (exact) mass is 203 g/mol. The van der Waals surface area contributed by atoms with E-state index in [0.29, 0.717) is 5.69 Å². The van der Waals surface area contributed by atoms with Crippen LogP contribution in [0.1, 0.15) is 10.4 Å². The summed E-state index contributed by atoms with van der Waals surface area (Å²) in [5.74, 6) is -0.726.